The van der Waals surface area contributed by atoms with Crippen LogP contribution >= 0.6 is 0 Å². The maximum absolute atomic E-state index is 12.8. The number of hydrogen-bond donors (Lipinski definition) is 1. The van der Waals surface area contributed by atoms with Gasteiger partial charge in [0.25, 0.3) is 11.9 Å². The maximum atomic E-state index is 12.8. The number of nitrogens with zero attached hydrogens (tertiary/aromatic N) is 1. The highest BCUT2D eigenvalue weighted by Gasteiger charge is 2.31. The summed E-state index contributed by atoms with van der Waals surface area (Å²) >= 11 is 0. The molecule has 1 N–H and O–H groups in total. The number of amidine groups is 1. The van der Waals surface area contributed by atoms with Gasteiger partial charge in [-0.2, -0.15) is 13.2 Å². The molecule has 1 aliphatic heterocycles. The van der Waals surface area contributed by atoms with Crippen LogP contribution in [0.5, 0.6) is 11.5 Å². The Morgan fingerprint density at radius 1 is 1.18 bits per heavy atom. The van der Waals surface area contributed by atoms with Crippen LogP contribution in [0.3, 0.4) is 0 Å². The average molecular weight is 394 g/mol. The van der Waals surface area contributed by atoms with Crippen LogP contribution < -0.4 is 14.8 Å². The Morgan fingerprint density at radius 2 is 1.96 bits per heavy atom. The molecule has 1 aliphatic rings. The number of fused-ring (bicyclic) bond motifs is 1. The summed E-state index contributed by atoms with van der Waals surface area (Å²) in [6.07, 6.45) is -4.54. The molecule has 6 nitrogen and oxygen atoms in total. The van der Waals surface area contributed by atoms with Crippen molar-refractivity contribution in [2.45, 2.75) is 19.6 Å². The van der Waals surface area contributed by atoms with Crippen LogP contribution in [-0.2, 0) is 17.5 Å². The Bertz CT molecular complexity index is 897. The first-order valence-corrected chi connectivity index (χ1v) is 8.41. The van der Waals surface area contributed by atoms with Crippen LogP contribution in [0.1, 0.15) is 28.4 Å². The van der Waals surface area contributed by atoms with Gasteiger partial charge >= 0.3 is 6.18 Å². The van der Waals surface area contributed by atoms with Gasteiger partial charge in [0.1, 0.15) is 0 Å². The lowest BCUT2D eigenvalue weighted by Crippen LogP contribution is -2.32. The zero-order chi connectivity index (χ0) is 20.1. The van der Waals surface area contributed by atoms with Gasteiger partial charge in [0.05, 0.1) is 18.7 Å². The second-order valence-corrected chi connectivity index (χ2v) is 5.77. The second kappa shape index (κ2) is 8.20. The summed E-state index contributed by atoms with van der Waals surface area (Å²) < 4.78 is 54.3. The zero-order valence-corrected chi connectivity index (χ0v) is 14.9. The third-order valence-corrected chi connectivity index (χ3v) is 3.80. The number of ether oxygens (including phenoxy) is 3. The minimum absolute atomic E-state index is 0.0809. The van der Waals surface area contributed by atoms with E-state index in [1.807, 2.05) is 0 Å². The molecule has 2 aromatic carbocycles. The van der Waals surface area contributed by atoms with Gasteiger partial charge in [-0.1, -0.05) is 12.1 Å². The Morgan fingerprint density at radius 3 is 2.71 bits per heavy atom. The molecular weight excluding hydrogens is 377 g/mol. The van der Waals surface area contributed by atoms with Gasteiger partial charge < -0.3 is 14.2 Å². The van der Waals surface area contributed by atoms with E-state index >= 15 is 0 Å². The molecule has 0 fully saturated rings. The number of benzene rings is 2. The molecule has 28 heavy (non-hydrogen) atoms. The minimum Gasteiger partial charge on any atom is -0.465 e. The van der Waals surface area contributed by atoms with E-state index < -0.39 is 17.6 Å². The molecule has 0 atom stereocenters. The molecule has 148 valence electrons. The van der Waals surface area contributed by atoms with Crippen LogP contribution in [0.2, 0.25) is 0 Å². The Labute approximate surface area is 158 Å². The van der Waals surface area contributed by atoms with Crippen LogP contribution in [0.4, 0.5) is 13.2 Å². The summed E-state index contributed by atoms with van der Waals surface area (Å²) in [6, 6.07) is 9.33. The predicted molar refractivity (Wildman–Crippen MR) is 94.2 cm³/mol. The number of hydrogen-bond acceptors (Lipinski definition) is 5. The summed E-state index contributed by atoms with van der Waals surface area (Å²) in [6.45, 7) is 2.25. The molecule has 0 spiro atoms. The monoisotopic (exact) mass is 394 g/mol. The molecule has 1 heterocycles. The number of amides is 1. The molecule has 0 radical (unpaired) electrons. The first kappa shape index (κ1) is 19.5. The van der Waals surface area contributed by atoms with Crippen LogP contribution in [0.15, 0.2) is 47.5 Å². The van der Waals surface area contributed by atoms with E-state index in [0.29, 0.717) is 11.5 Å². The van der Waals surface area contributed by atoms with E-state index in [4.69, 9.17) is 14.2 Å². The van der Waals surface area contributed by atoms with Crippen LogP contribution in [0, 0.1) is 0 Å². The van der Waals surface area contributed by atoms with Gasteiger partial charge in [-0.15, -0.1) is 0 Å². The van der Waals surface area contributed by atoms with E-state index in [0.717, 1.165) is 17.7 Å². The van der Waals surface area contributed by atoms with Crippen LogP contribution in [0.25, 0.3) is 0 Å². The van der Waals surface area contributed by atoms with Crippen molar-refractivity contribution in [3.63, 3.8) is 0 Å². The molecule has 1 amide bonds. The summed E-state index contributed by atoms with van der Waals surface area (Å²) in [5, 5.41) is 2.40. The number of rotatable bonds is 4. The van der Waals surface area contributed by atoms with E-state index in [-0.39, 0.29) is 31.5 Å². The maximum Gasteiger partial charge on any atom is 0.416 e. The molecule has 2 aromatic rings. The second-order valence-electron chi connectivity index (χ2n) is 5.77. The SMILES string of the molecule is CCOC(=NCc1ccc2c(c1)OCO2)NC(=O)c1cccc(C(F)(F)F)c1. The quantitative estimate of drug-likeness (QED) is 0.633. The molecule has 3 rings (SSSR count). The molecule has 0 bridgehead atoms. The van der Waals surface area contributed by atoms with Gasteiger partial charge in [0.15, 0.2) is 11.5 Å². The lowest BCUT2D eigenvalue weighted by atomic mass is 10.1. The normalized spacial score (nSPS) is 13.4. The highest BCUT2D eigenvalue weighted by Crippen LogP contribution is 2.32. The summed E-state index contributed by atoms with van der Waals surface area (Å²) in [5.41, 5.74) is -0.268. The van der Waals surface area contributed by atoms with E-state index in [9.17, 15) is 18.0 Å². The topological polar surface area (TPSA) is 69.2 Å². The van der Waals surface area contributed by atoms with Crippen molar-refractivity contribution >= 4 is 11.9 Å². The fraction of sp³-hybridized carbons (Fsp3) is 0.263. The van der Waals surface area contributed by atoms with E-state index in [1.54, 1.807) is 25.1 Å². The molecular formula is C19H17F3N2O4. The molecule has 0 unspecified atom stereocenters. The Kier molecular flexibility index (Phi) is 5.72. The first-order valence-electron chi connectivity index (χ1n) is 8.41. The van der Waals surface area contributed by atoms with Crippen LogP contribution in [-0.4, -0.2) is 25.3 Å². The highest BCUT2D eigenvalue weighted by molar-refractivity contribution is 6.04. The fourth-order valence-electron chi connectivity index (χ4n) is 2.47. The molecule has 9 heteroatoms. The highest BCUT2D eigenvalue weighted by atomic mass is 19.4. The third-order valence-electron chi connectivity index (χ3n) is 3.80. The van der Waals surface area contributed by atoms with Crippen molar-refractivity contribution in [3.8, 4) is 11.5 Å². The molecule has 0 saturated carbocycles. The smallest absolute Gasteiger partial charge is 0.416 e. The average Bonchev–Trinajstić information content (AvgIpc) is 3.13. The van der Waals surface area contributed by atoms with Crippen molar-refractivity contribution in [2.24, 2.45) is 4.99 Å². The molecule has 0 aliphatic carbocycles. The minimum atomic E-state index is -4.54. The Balaban J connectivity index is 1.72. The van der Waals surface area contributed by atoms with Crippen molar-refractivity contribution < 1.29 is 32.2 Å². The first-order chi connectivity index (χ1) is 13.4. The number of halogens is 3. The standard InChI is InChI=1S/C19H17F3N2O4/c1-2-26-18(23-10-12-6-7-15-16(8-12)28-11-27-15)24-17(25)13-4-3-5-14(9-13)19(20,21)22/h3-9H,2,10-11H2,1H3,(H,23,24,25). The molecule has 0 saturated heterocycles. The fourth-order valence-corrected chi connectivity index (χ4v) is 2.47. The van der Waals surface area contributed by atoms with Crippen molar-refractivity contribution in [2.75, 3.05) is 13.4 Å². The zero-order valence-electron chi connectivity index (χ0n) is 14.9. The van der Waals surface area contributed by atoms with Crippen molar-refractivity contribution in [3.05, 3.63) is 59.2 Å². The molecule has 0 aromatic heterocycles. The van der Waals surface area contributed by atoms with Gasteiger partial charge in [0.2, 0.25) is 6.79 Å². The van der Waals surface area contributed by atoms with E-state index in [1.165, 1.54) is 12.1 Å². The predicted octanol–water partition coefficient (Wildman–Crippen LogP) is 3.76. The number of carbonyl (C=O) groups excluding carboxylic acids is 1. The van der Waals surface area contributed by atoms with Gasteiger partial charge in [-0.05, 0) is 42.8 Å². The number of alkyl halides is 3. The summed E-state index contributed by atoms with van der Waals surface area (Å²) in [5.74, 6) is 0.484. The van der Waals surface area contributed by atoms with Gasteiger partial charge in [-0.3, -0.25) is 10.1 Å². The van der Waals surface area contributed by atoms with Gasteiger partial charge in [0, 0.05) is 5.56 Å². The van der Waals surface area contributed by atoms with Crippen molar-refractivity contribution in [1.29, 1.82) is 0 Å². The number of nitrogens with one attached hydrogen (secondary N) is 1. The summed E-state index contributed by atoms with van der Waals surface area (Å²) in [7, 11) is 0. The number of carbonyl (C=O) groups is 1. The van der Waals surface area contributed by atoms with Crippen molar-refractivity contribution in [1.82, 2.24) is 5.32 Å². The Hall–Kier alpha value is -3.23. The largest absolute Gasteiger partial charge is 0.465 e. The number of aliphatic imine (C=N–C) groups is 1. The van der Waals surface area contributed by atoms with E-state index in [2.05, 4.69) is 10.3 Å². The summed E-state index contributed by atoms with van der Waals surface area (Å²) in [4.78, 5) is 16.5. The van der Waals surface area contributed by atoms with Gasteiger partial charge in [-0.25, -0.2) is 4.99 Å². The lowest BCUT2D eigenvalue weighted by Gasteiger charge is -2.11. The lowest BCUT2D eigenvalue weighted by molar-refractivity contribution is -0.137. The third kappa shape index (κ3) is 4.73.